The minimum absolute atomic E-state index is 0.0751. The number of benzene rings is 1. The highest BCUT2D eigenvalue weighted by Crippen LogP contribution is 2.09. The van der Waals surface area contributed by atoms with Crippen molar-refractivity contribution in [3.63, 3.8) is 0 Å². The standard InChI is InChI=1S/C8H9NOS/c9-8(10)11-6-7-4-2-1-3-5-7/h1-5H,6H2,(H2,9,10)/p+1. The molecule has 1 aromatic rings. The number of carbonyl (C=O) groups is 1. The first-order chi connectivity index (χ1) is 5.29. The lowest BCUT2D eigenvalue weighted by Gasteiger charge is -1.93. The number of rotatable bonds is 2. The Morgan fingerprint density at radius 3 is 2.55 bits per heavy atom. The monoisotopic (exact) mass is 168 g/mol. The van der Waals surface area contributed by atoms with E-state index < -0.39 is 0 Å². The number of quaternary nitrogens is 1. The van der Waals surface area contributed by atoms with Crippen LogP contribution in [0.2, 0.25) is 0 Å². The maximum Gasteiger partial charge on any atom is 0.370 e. The maximum absolute atomic E-state index is 10.5. The van der Waals surface area contributed by atoms with Crippen LogP contribution in [0, 0.1) is 0 Å². The largest absolute Gasteiger partial charge is 0.370 e. The maximum atomic E-state index is 10.5. The second kappa shape index (κ2) is 4.16. The molecular formula is C8H10NOS+. The molecule has 0 fully saturated rings. The molecule has 0 spiro atoms. The fraction of sp³-hybridized carbons (Fsp3) is 0.125. The van der Waals surface area contributed by atoms with E-state index in [0.717, 1.165) is 11.3 Å². The van der Waals surface area contributed by atoms with Crippen LogP contribution in [0.4, 0.5) is 4.79 Å². The van der Waals surface area contributed by atoms with Gasteiger partial charge in [0.15, 0.2) is 0 Å². The molecule has 11 heavy (non-hydrogen) atoms. The van der Waals surface area contributed by atoms with Gasteiger partial charge < -0.3 is 0 Å². The summed E-state index contributed by atoms with van der Waals surface area (Å²) >= 11 is 1.23. The Hall–Kier alpha value is -0.800. The minimum Gasteiger partial charge on any atom is -0.284 e. The number of hydrogen-bond donors (Lipinski definition) is 1. The first-order valence-electron chi connectivity index (χ1n) is 3.31. The molecular weight excluding hydrogens is 158 g/mol. The predicted octanol–water partition coefficient (Wildman–Crippen LogP) is 1.28. The summed E-state index contributed by atoms with van der Waals surface area (Å²) in [5.74, 6) is 0.725. The van der Waals surface area contributed by atoms with Crippen molar-refractivity contribution < 1.29 is 10.5 Å². The van der Waals surface area contributed by atoms with E-state index in [1.165, 1.54) is 11.8 Å². The van der Waals surface area contributed by atoms with Gasteiger partial charge in [-0.05, 0) is 17.3 Å². The van der Waals surface area contributed by atoms with Crippen molar-refractivity contribution in [3.8, 4) is 0 Å². The average molecular weight is 168 g/mol. The Morgan fingerprint density at radius 2 is 2.00 bits per heavy atom. The van der Waals surface area contributed by atoms with Crippen LogP contribution in [-0.2, 0) is 5.75 Å². The molecule has 0 atom stereocenters. The number of amides is 1. The molecule has 0 aliphatic heterocycles. The second-order valence-electron chi connectivity index (χ2n) is 2.15. The fourth-order valence-electron chi connectivity index (χ4n) is 0.738. The molecule has 1 rings (SSSR count). The number of carbonyl (C=O) groups excluding carboxylic acids is 1. The first-order valence-corrected chi connectivity index (χ1v) is 4.30. The molecule has 0 unspecified atom stereocenters. The highest BCUT2D eigenvalue weighted by molar-refractivity contribution is 8.12. The topological polar surface area (TPSA) is 44.7 Å². The van der Waals surface area contributed by atoms with Crippen LogP contribution in [-0.4, -0.2) is 5.24 Å². The van der Waals surface area contributed by atoms with Gasteiger partial charge in [0.1, 0.15) is 0 Å². The van der Waals surface area contributed by atoms with Crippen molar-refractivity contribution in [1.29, 1.82) is 0 Å². The van der Waals surface area contributed by atoms with E-state index in [4.69, 9.17) is 0 Å². The van der Waals surface area contributed by atoms with E-state index in [9.17, 15) is 4.79 Å². The highest BCUT2D eigenvalue weighted by atomic mass is 32.2. The summed E-state index contributed by atoms with van der Waals surface area (Å²) in [4.78, 5) is 10.5. The molecule has 3 heteroatoms. The molecule has 0 aliphatic carbocycles. The molecule has 0 bridgehead atoms. The lowest BCUT2D eigenvalue weighted by Crippen LogP contribution is -2.53. The van der Waals surface area contributed by atoms with Crippen LogP contribution < -0.4 is 5.73 Å². The summed E-state index contributed by atoms with van der Waals surface area (Å²) in [6.07, 6.45) is 0. The highest BCUT2D eigenvalue weighted by Gasteiger charge is 1.98. The van der Waals surface area contributed by atoms with E-state index in [0.29, 0.717) is 0 Å². The molecule has 2 nitrogen and oxygen atoms in total. The Kier molecular flexibility index (Phi) is 3.14. The third-order valence-electron chi connectivity index (χ3n) is 1.24. The Morgan fingerprint density at radius 1 is 1.36 bits per heavy atom. The van der Waals surface area contributed by atoms with Crippen LogP contribution in [0.25, 0.3) is 0 Å². The summed E-state index contributed by atoms with van der Waals surface area (Å²) in [7, 11) is 0. The van der Waals surface area contributed by atoms with Gasteiger partial charge in [-0.1, -0.05) is 30.3 Å². The van der Waals surface area contributed by atoms with Gasteiger partial charge in [0, 0.05) is 5.75 Å². The zero-order valence-electron chi connectivity index (χ0n) is 6.12. The predicted molar refractivity (Wildman–Crippen MR) is 46.0 cm³/mol. The molecule has 58 valence electrons. The number of thioether (sulfide) groups is 1. The normalized spacial score (nSPS) is 9.55. The summed E-state index contributed by atoms with van der Waals surface area (Å²) in [6, 6.07) is 9.87. The molecule has 3 N–H and O–H groups in total. The molecule has 0 saturated carbocycles. The van der Waals surface area contributed by atoms with Crippen molar-refractivity contribution in [1.82, 2.24) is 0 Å². The second-order valence-corrected chi connectivity index (χ2v) is 3.18. The molecule has 0 aromatic heterocycles. The van der Waals surface area contributed by atoms with Gasteiger partial charge in [-0.3, -0.25) is 5.73 Å². The fourth-order valence-corrected chi connectivity index (χ4v) is 1.26. The Balaban J connectivity index is 2.45. The van der Waals surface area contributed by atoms with Crippen molar-refractivity contribution in [2.75, 3.05) is 0 Å². The van der Waals surface area contributed by atoms with Crippen LogP contribution in [0.1, 0.15) is 5.56 Å². The van der Waals surface area contributed by atoms with Crippen molar-refractivity contribution in [3.05, 3.63) is 35.9 Å². The minimum atomic E-state index is -0.0751. The van der Waals surface area contributed by atoms with Crippen LogP contribution >= 0.6 is 11.8 Å². The van der Waals surface area contributed by atoms with Crippen molar-refractivity contribution in [2.24, 2.45) is 0 Å². The summed E-state index contributed by atoms with van der Waals surface area (Å²) in [6.45, 7) is 0. The zero-order valence-corrected chi connectivity index (χ0v) is 6.93. The van der Waals surface area contributed by atoms with Crippen LogP contribution in [0.5, 0.6) is 0 Å². The molecule has 1 amide bonds. The van der Waals surface area contributed by atoms with E-state index in [1.54, 1.807) is 0 Å². The molecule has 0 heterocycles. The van der Waals surface area contributed by atoms with Crippen LogP contribution in [0.3, 0.4) is 0 Å². The van der Waals surface area contributed by atoms with Crippen LogP contribution in [0.15, 0.2) is 30.3 Å². The van der Waals surface area contributed by atoms with Gasteiger partial charge in [-0.25, -0.2) is 4.79 Å². The van der Waals surface area contributed by atoms with Gasteiger partial charge >= 0.3 is 5.24 Å². The summed E-state index contributed by atoms with van der Waals surface area (Å²) < 4.78 is 0. The number of hydrogen-bond acceptors (Lipinski definition) is 2. The molecule has 0 aliphatic rings. The molecule has 0 saturated heterocycles. The first kappa shape index (κ1) is 8.30. The van der Waals surface area contributed by atoms with E-state index in [2.05, 4.69) is 5.73 Å². The summed E-state index contributed by atoms with van der Waals surface area (Å²) in [5, 5.41) is -0.0751. The lowest BCUT2D eigenvalue weighted by atomic mass is 10.2. The Labute approximate surface area is 69.8 Å². The lowest BCUT2D eigenvalue weighted by molar-refractivity contribution is -0.232. The van der Waals surface area contributed by atoms with Gasteiger partial charge in [0.25, 0.3) is 0 Å². The third kappa shape index (κ3) is 3.20. The van der Waals surface area contributed by atoms with E-state index in [1.807, 2.05) is 30.3 Å². The smallest absolute Gasteiger partial charge is 0.284 e. The SMILES string of the molecule is [NH3+]C(=O)SCc1ccccc1. The van der Waals surface area contributed by atoms with Crippen molar-refractivity contribution in [2.45, 2.75) is 5.75 Å². The van der Waals surface area contributed by atoms with Gasteiger partial charge in [-0.2, -0.15) is 0 Å². The third-order valence-corrected chi connectivity index (χ3v) is 2.04. The van der Waals surface area contributed by atoms with E-state index in [-0.39, 0.29) is 5.24 Å². The van der Waals surface area contributed by atoms with Gasteiger partial charge in [-0.15, -0.1) is 0 Å². The van der Waals surface area contributed by atoms with Crippen molar-refractivity contribution >= 4 is 17.0 Å². The Bertz CT molecular complexity index is 235. The molecule has 1 aromatic carbocycles. The van der Waals surface area contributed by atoms with Gasteiger partial charge in [0.05, 0.1) is 0 Å². The quantitative estimate of drug-likeness (QED) is 0.723. The van der Waals surface area contributed by atoms with Gasteiger partial charge in [0.2, 0.25) is 0 Å². The average Bonchev–Trinajstić information content (AvgIpc) is 2.03. The van der Waals surface area contributed by atoms with E-state index >= 15 is 0 Å². The molecule has 0 radical (unpaired) electrons. The zero-order chi connectivity index (χ0) is 8.10. The summed E-state index contributed by atoms with van der Waals surface area (Å²) in [5.41, 5.74) is 4.44.